The molecular weight excluding hydrogens is 508 g/mol. The molecule has 1 aromatic heterocycles. The van der Waals surface area contributed by atoms with Crippen LogP contribution in [0.15, 0.2) is 78.9 Å². The second kappa shape index (κ2) is 13.2. The number of para-hydroxylation sites is 1. The molecule has 0 atom stereocenters. The second-order valence-electron chi connectivity index (χ2n) is 11.9. The van der Waals surface area contributed by atoms with E-state index in [1.807, 2.05) is 72.8 Å². The quantitative estimate of drug-likeness (QED) is 0.168. The van der Waals surface area contributed by atoms with Crippen LogP contribution in [0.3, 0.4) is 0 Å². The molecule has 0 radical (unpaired) electrons. The van der Waals surface area contributed by atoms with Crippen LogP contribution in [0, 0.1) is 0 Å². The van der Waals surface area contributed by atoms with Gasteiger partial charge in [0, 0.05) is 23.6 Å². The Morgan fingerprint density at radius 3 is 2.22 bits per heavy atom. The van der Waals surface area contributed by atoms with Gasteiger partial charge in [0.25, 0.3) is 5.91 Å². The minimum absolute atomic E-state index is 0.0745. The lowest BCUT2D eigenvalue weighted by Gasteiger charge is -2.29. The number of nitrogens with one attached hydrogen (secondary N) is 1. The third kappa shape index (κ3) is 8.09. The fourth-order valence-corrected chi connectivity index (χ4v) is 4.52. The van der Waals surface area contributed by atoms with Crippen molar-refractivity contribution >= 4 is 16.8 Å². The van der Waals surface area contributed by atoms with E-state index in [-0.39, 0.29) is 17.1 Å². The van der Waals surface area contributed by atoms with Crippen molar-refractivity contribution in [2.75, 3.05) is 6.54 Å². The number of hydrogen-bond acceptors (Lipinski definition) is 4. The molecule has 41 heavy (non-hydrogen) atoms. The zero-order valence-corrected chi connectivity index (χ0v) is 25.4. The fourth-order valence-electron chi connectivity index (χ4n) is 4.52. The Labute approximate surface area is 245 Å². The smallest absolute Gasteiger partial charge is 0.252 e. The molecule has 5 heteroatoms. The summed E-state index contributed by atoms with van der Waals surface area (Å²) in [5.74, 6) is 1.63. The highest BCUT2D eigenvalue weighted by atomic mass is 16.5. The zero-order chi connectivity index (χ0) is 29.5. The lowest BCUT2D eigenvalue weighted by molar-refractivity contribution is 0.0942. The van der Waals surface area contributed by atoms with Crippen molar-refractivity contribution in [1.82, 2.24) is 10.3 Å². The Hall–Kier alpha value is -3.86. The molecule has 1 heterocycles. The molecule has 0 saturated heterocycles. The third-order valence-corrected chi connectivity index (χ3v) is 7.71. The summed E-state index contributed by atoms with van der Waals surface area (Å²) in [6.07, 6.45) is 4.46. The summed E-state index contributed by atoms with van der Waals surface area (Å²) >= 11 is 0. The van der Waals surface area contributed by atoms with Crippen molar-refractivity contribution in [3.8, 4) is 22.8 Å². The van der Waals surface area contributed by atoms with Crippen LogP contribution >= 0.6 is 0 Å². The van der Waals surface area contributed by atoms with E-state index < -0.39 is 0 Å². The Balaban J connectivity index is 1.41. The number of carbonyl (C=O) groups excluding carboxylic acids is 1. The largest absolute Gasteiger partial charge is 0.488 e. The van der Waals surface area contributed by atoms with Crippen LogP contribution in [-0.2, 0) is 6.42 Å². The topological polar surface area (TPSA) is 60.5 Å². The molecule has 0 aliphatic heterocycles. The molecule has 0 aliphatic carbocycles. The number of amides is 1. The van der Waals surface area contributed by atoms with Crippen molar-refractivity contribution in [1.29, 1.82) is 0 Å². The van der Waals surface area contributed by atoms with Gasteiger partial charge in [0.2, 0.25) is 0 Å². The van der Waals surface area contributed by atoms with E-state index in [1.165, 1.54) is 0 Å². The van der Waals surface area contributed by atoms with Crippen LogP contribution in [0.1, 0.15) is 83.1 Å². The van der Waals surface area contributed by atoms with Crippen LogP contribution in [-0.4, -0.2) is 28.6 Å². The first-order chi connectivity index (χ1) is 19.6. The van der Waals surface area contributed by atoms with E-state index >= 15 is 0 Å². The number of unbranched alkanes of at least 4 members (excludes halogenated alkanes) is 1. The van der Waals surface area contributed by atoms with Crippen molar-refractivity contribution < 1.29 is 14.3 Å². The summed E-state index contributed by atoms with van der Waals surface area (Å²) in [5, 5.41) is 4.00. The molecule has 0 aliphatic rings. The molecule has 1 N–H and O–H groups in total. The van der Waals surface area contributed by atoms with Gasteiger partial charge in [-0.1, -0.05) is 68.4 Å². The zero-order valence-electron chi connectivity index (χ0n) is 25.4. The van der Waals surface area contributed by atoms with Crippen molar-refractivity contribution in [3.63, 3.8) is 0 Å². The van der Waals surface area contributed by atoms with Crippen molar-refractivity contribution in [2.45, 2.75) is 84.8 Å². The number of ether oxygens (including phenoxy) is 2. The van der Waals surface area contributed by atoms with Crippen LogP contribution in [0.25, 0.3) is 22.2 Å². The lowest BCUT2D eigenvalue weighted by Crippen LogP contribution is -2.28. The molecule has 0 unspecified atom stereocenters. The summed E-state index contributed by atoms with van der Waals surface area (Å²) < 4.78 is 12.7. The number of hydrogen-bond donors (Lipinski definition) is 1. The highest BCUT2D eigenvalue weighted by Crippen LogP contribution is 2.32. The van der Waals surface area contributed by atoms with Crippen molar-refractivity contribution in [3.05, 3.63) is 90.0 Å². The maximum atomic E-state index is 13.3. The lowest BCUT2D eigenvalue weighted by atomic mass is 10.0. The summed E-state index contributed by atoms with van der Waals surface area (Å²) in [6, 6.07) is 25.9. The molecule has 4 aromatic rings. The van der Waals surface area contributed by atoms with E-state index in [4.69, 9.17) is 14.5 Å². The maximum absolute atomic E-state index is 13.3. The number of aromatic nitrogens is 1. The number of pyridine rings is 1. The summed E-state index contributed by atoms with van der Waals surface area (Å²) in [4.78, 5) is 18.1. The van der Waals surface area contributed by atoms with E-state index in [0.717, 1.165) is 71.3 Å². The van der Waals surface area contributed by atoms with Gasteiger partial charge in [-0.05, 0) is 83.6 Å². The molecule has 5 nitrogen and oxygen atoms in total. The first kappa shape index (κ1) is 30.1. The number of benzene rings is 3. The first-order valence-corrected chi connectivity index (χ1v) is 14.8. The molecule has 0 saturated carbocycles. The minimum Gasteiger partial charge on any atom is -0.488 e. The van der Waals surface area contributed by atoms with E-state index in [1.54, 1.807) is 0 Å². The standard InChI is InChI=1S/C36H44N2O3/c1-7-35(3,4)40-28-22-21-27(33(24-28)41-36(5,6)8-2)18-14-15-23-37-34(39)30-25-32(26-16-10-9-11-17-26)38-31-20-13-12-19-29(30)31/h9-13,16-17,19-22,24-25H,7-8,14-15,18,23H2,1-6H3,(H,37,39). The molecule has 4 rings (SSSR count). The molecule has 0 spiro atoms. The van der Waals surface area contributed by atoms with Gasteiger partial charge < -0.3 is 14.8 Å². The normalized spacial score (nSPS) is 11.9. The summed E-state index contributed by atoms with van der Waals surface area (Å²) in [5.41, 5.74) is 3.91. The van der Waals surface area contributed by atoms with Gasteiger partial charge in [-0.3, -0.25) is 4.79 Å². The molecule has 216 valence electrons. The Morgan fingerprint density at radius 1 is 0.805 bits per heavy atom. The van der Waals surface area contributed by atoms with Gasteiger partial charge in [0.05, 0.1) is 16.8 Å². The van der Waals surface area contributed by atoms with E-state index in [2.05, 4.69) is 52.9 Å². The minimum atomic E-state index is -0.270. The second-order valence-corrected chi connectivity index (χ2v) is 11.9. The van der Waals surface area contributed by atoms with Crippen LogP contribution in [0.2, 0.25) is 0 Å². The average Bonchev–Trinajstić information content (AvgIpc) is 2.97. The maximum Gasteiger partial charge on any atom is 0.252 e. The van der Waals surface area contributed by atoms with Gasteiger partial charge in [-0.15, -0.1) is 0 Å². The van der Waals surface area contributed by atoms with Gasteiger partial charge in [0.15, 0.2) is 0 Å². The number of fused-ring (bicyclic) bond motifs is 1. The SMILES string of the molecule is CCC(C)(C)Oc1ccc(CCCCNC(=O)c2cc(-c3ccccc3)nc3ccccc23)c(OC(C)(C)CC)c1. The monoisotopic (exact) mass is 552 g/mol. The molecule has 1 amide bonds. The third-order valence-electron chi connectivity index (χ3n) is 7.71. The predicted octanol–water partition coefficient (Wildman–Crippen LogP) is 8.79. The molecule has 3 aromatic carbocycles. The van der Waals surface area contributed by atoms with Gasteiger partial charge >= 0.3 is 0 Å². The van der Waals surface area contributed by atoms with Crippen LogP contribution < -0.4 is 14.8 Å². The highest BCUT2D eigenvalue weighted by Gasteiger charge is 2.22. The number of carbonyl (C=O) groups is 1. The highest BCUT2D eigenvalue weighted by molar-refractivity contribution is 6.07. The van der Waals surface area contributed by atoms with Crippen LogP contribution in [0.5, 0.6) is 11.5 Å². The number of rotatable bonds is 13. The van der Waals surface area contributed by atoms with E-state index in [9.17, 15) is 4.79 Å². The van der Waals surface area contributed by atoms with Gasteiger partial charge in [0.1, 0.15) is 22.7 Å². The average molecular weight is 553 g/mol. The molecular formula is C36H44N2O3. The predicted molar refractivity (Wildman–Crippen MR) is 169 cm³/mol. The summed E-state index contributed by atoms with van der Waals surface area (Å²) in [7, 11) is 0. The Kier molecular flexibility index (Phi) is 9.69. The number of aryl methyl sites for hydroxylation is 1. The Morgan fingerprint density at radius 2 is 1.49 bits per heavy atom. The fraction of sp³-hybridized carbons (Fsp3) is 0.389. The van der Waals surface area contributed by atoms with Crippen LogP contribution in [0.4, 0.5) is 0 Å². The summed E-state index contributed by atoms with van der Waals surface area (Å²) in [6.45, 7) is 13.3. The van der Waals surface area contributed by atoms with E-state index in [0.29, 0.717) is 12.1 Å². The first-order valence-electron chi connectivity index (χ1n) is 14.8. The molecule has 0 bridgehead atoms. The van der Waals surface area contributed by atoms with Gasteiger partial charge in [-0.2, -0.15) is 0 Å². The number of nitrogens with zero attached hydrogens (tertiary/aromatic N) is 1. The van der Waals surface area contributed by atoms with Crippen molar-refractivity contribution in [2.24, 2.45) is 0 Å². The Bertz CT molecular complexity index is 1460. The van der Waals surface area contributed by atoms with Gasteiger partial charge in [-0.25, -0.2) is 4.98 Å². The molecule has 0 fully saturated rings.